The van der Waals surface area contributed by atoms with Crippen LogP contribution in [0.5, 0.6) is 0 Å². The molecule has 0 saturated carbocycles. The number of hydrogen-bond acceptors (Lipinski definition) is 3. The van der Waals surface area contributed by atoms with Crippen LogP contribution in [0, 0.1) is 0 Å². The second kappa shape index (κ2) is 5.60. The number of benzene rings is 1. The highest BCUT2D eigenvalue weighted by Crippen LogP contribution is 2.38. The Kier molecular flexibility index (Phi) is 3.41. The Balaban J connectivity index is 1.87. The van der Waals surface area contributed by atoms with Crippen LogP contribution < -0.4 is 19.4 Å². The molecule has 3 heterocycles. The fourth-order valence-electron chi connectivity index (χ4n) is 3.34. The largest absolute Gasteiger partial charge is 0.350 e. The molecule has 0 amide bonds. The van der Waals surface area contributed by atoms with Crippen molar-refractivity contribution in [3.8, 4) is 11.5 Å². The lowest BCUT2D eigenvalue weighted by Gasteiger charge is -2.20. The normalized spacial score (nSPS) is 16.0. The molecule has 0 spiro atoms. The van der Waals surface area contributed by atoms with Crippen molar-refractivity contribution in [2.75, 3.05) is 10.2 Å². The molecular formula is C19H21N5+2. The molecule has 3 aromatic rings. The van der Waals surface area contributed by atoms with Crippen LogP contribution in [0.4, 0.5) is 17.2 Å². The van der Waals surface area contributed by atoms with E-state index in [4.69, 9.17) is 0 Å². The molecular weight excluding hydrogens is 298 g/mol. The Labute approximate surface area is 141 Å². The van der Waals surface area contributed by atoms with E-state index in [9.17, 15) is 0 Å². The summed E-state index contributed by atoms with van der Waals surface area (Å²) in [5, 5.41) is 3.53. The number of hydrogen-bond donors (Lipinski definition) is 1. The van der Waals surface area contributed by atoms with Gasteiger partial charge < -0.3 is 5.32 Å². The van der Waals surface area contributed by atoms with Crippen molar-refractivity contribution in [3.63, 3.8) is 0 Å². The summed E-state index contributed by atoms with van der Waals surface area (Å²) < 4.78 is 4.24. The minimum atomic E-state index is 0.188. The number of aromatic nitrogens is 3. The average Bonchev–Trinajstić information content (AvgIpc) is 2.92. The summed E-state index contributed by atoms with van der Waals surface area (Å²) in [6.45, 7) is 2.17. The van der Waals surface area contributed by atoms with Gasteiger partial charge in [0.1, 0.15) is 25.1 Å². The number of para-hydroxylation sites is 2. The molecule has 24 heavy (non-hydrogen) atoms. The highest BCUT2D eigenvalue weighted by molar-refractivity contribution is 5.80. The van der Waals surface area contributed by atoms with Crippen LogP contribution >= 0.6 is 0 Å². The zero-order valence-electron chi connectivity index (χ0n) is 14.1. The Hall–Kier alpha value is -2.95. The van der Waals surface area contributed by atoms with E-state index in [2.05, 4.69) is 74.7 Å². The van der Waals surface area contributed by atoms with Crippen molar-refractivity contribution in [1.82, 2.24) is 4.98 Å². The first-order valence-electron chi connectivity index (χ1n) is 8.11. The summed E-state index contributed by atoms with van der Waals surface area (Å²) >= 11 is 0. The Morgan fingerprint density at radius 3 is 2.67 bits per heavy atom. The maximum absolute atomic E-state index is 4.62. The Morgan fingerprint density at radius 2 is 1.83 bits per heavy atom. The highest BCUT2D eigenvalue weighted by atomic mass is 15.4. The van der Waals surface area contributed by atoms with Crippen LogP contribution in [0.15, 0.2) is 60.9 Å². The standard InChI is InChI=1S/C19H20N5/c1-14-21-15-8-4-5-9-16(15)24(14)18-11-12-20-19(23(18)3)17-10-6-7-13-22(17)2/h4-14H,1-3H3/q+1/p+1/t14-/m1/s1. The van der Waals surface area contributed by atoms with Gasteiger partial charge in [0.2, 0.25) is 5.82 Å². The lowest BCUT2D eigenvalue weighted by atomic mass is 10.2. The number of anilines is 3. The smallest absolute Gasteiger partial charge is 0.335 e. The topological polar surface area (TPSA) is 35.9 Å². The number of nitrogens with one attached hydrogen (secondary N) is 1. The van der Waals surface area contributed by atoms with Crippen molar-refractivity contribution in [1.29, 1.82) is 0 Å². The predicted octanol–water partition coefficient (Wildman–Crippen LogP) is 2.31. The number of fused-ring (bicyclic) bond motifs is 1. The molecule has 1 atom stereocenters. The quantitative estimate of drug-likeness (QED) is 0.736. The van der Waals surface area contributed by atoms with E-state index in [1.807, 2.05) is 31.6 Å². The third-order valence-corrected chi connectivity index (χ3v) is 4.53. The van der Waals surface area contributed by atoms with Crippen molar-refractivity contribution in [2.45, 2.75) is 13.1 Å². The van der Waals surface area contributed by atoms with E-state index in [-0.39, 0.29) is 6.17 Å². The Morgan fingerprint density at radius 1 is 1.04 bits per heavy atom. The first-order valence-corrected chi connectivity index (χ1v) is 8.11. The molecule has 0 radical (unpaired) electrons. The zero-order chi connectivity index (χ0) is 16.7. The van der Waals surface area contributed by atoms with Crippen molar-refractivity contribution >= 4 is 17.2 Å². The first-order chi connectivity index (χ1) is 11.7. The second-order valence-electron chi connectivity index (χ2n) is 6.09. The van der Waals surface area contributed by atoms with Crippen molar-refractivity contribution in [3.05, 3.63) is 60.9 Å². The van der Waals surface area contributed by atoms with Gasteiger partial charge in [0.15, 0.2) is 6.20 Å². The maximum atomic E-state index is 4.62. The molecule has 0 bridgehead atoms. The van der Waals surface area contributed by atoms with Gasteiger partial charge in [-0.05, 0) is 25.1 Å². The van der Waals surface area contributed by atoms with Gasteiger partial charge in [-0.2, -0.15) is 4.57 Å². The fraction of sp³-hybridized carbons (Fsp3) is 0.211. The first kappa shape index (κ1) is 14.6. The molecule has 2 aromatic heterocycles. The van der Waals surface area contributed by atoms with E-state index in [1.165, 1.54) is 5.69 Å². The van der Waals surface area contributed by atoms with E-state index < -0.39 is 0 Å². The van der Waals surface area contributed by atoms with Crippen LogP contribution in [-0.2, 0) is 14.1 Å². The minimum Gasteiger partial charge on any atom is -0.350 e. The van der Waals surface area contributed by atoms with Crippen molar-refractivity contribution in [2.24, 2.45) is 14.1 Å². The molecule has 1 aliphatic rings. The Bertz CT molecular complexity index is 906. The summed E-state index contributed by atoms with van der Waals surface area (Å²) in [6, 6.07) is 16.6. The van der Waals surface area contributed by atoms with Crippen LogP contribution in [0.25, 0.3) is 11.5 Å². The molecule has 4 rings (SSSR count). The minimum absolute atomic E-state index is 0.188. The van der Waals surface area contributed by atoms with Crippen LogP contribution in [0.2, 0.25) is 0 Å². The molecule has 0 fully saturated rings. The molecule has 5 heteroatoms. The van der Waals surface area contributed by atoms with Gasteiger partial charge in [-0.1, -0.05) is 12.1 Å². The van der Waals surface area contributed by atoms with E-state index in [0.29, 0.717) is 0 Å². The summed E-state index contributed by atoms with van der Waals surface area (Å²) in [5.41, 5.74) is 3.43. The predicted molar refractivity (Wildman–Crippen MR) is 93.7 cm³/mol. The third-order valence-electron chi connectivity index (χ3n) is 4.53. The fourth-order valence-corrected chi connectivity index (χ4v) is 3.34. The molecule has 1 N–H and O–H groups in total. The van der Waals surface area contributed by atoms with E-state index in [0.717, 1.165) is 23.0 Å². The lowest BCUT2D eigenvalue weighted by Crippen LogP contribution is -2.45. The maximum Gasteiger partial charge on any atom is 0.335 e. The molecule has 1 aliphatic heterocycles. The number of aryl methyl sites for hydroxylation is 1. The molecule has 0 unspecified atom stereocenters. The second-order valence-corrected chi connectivity index (χ2v) is 6.09. The van der Waals surface area contributed by atoms with Gasteiger partial charge in [0, 0.05) is 18.2 Å². The number of pyridine rings is 1. The van der Waals surface area contributed by atoms with E-state index >= 15 is 0 Å². The van der Waals surface area contributed by atoms with Crippen LogP contribution in [0.3, 0.4) is 0 Å². The van der Waals surface area contributed by atoms with Gasteiger partial charge in [-0.15, -0.1) is 4.98 Å². The number of rotatable bonds is 2. The van der Waals surface area contributed by atoms with Crippen LogP contribution in [0.1, 0.15) is 6.92 Å². The SMILES string of the molecule is C[C@@H]1Nc2ccccc2N1c1ccnc(-c2cccc[n+]2C)[n+]1C. The highest BCUT2D eigenvalue weighted by Gasteiger charge is 2.34. The average molecular weight is 319 g/mol. The molecule has 5 nitrogen and oxygen atoms in total. The van der Waals surface area contributed by atoms with Gasteiger partial charge in [-0.3, -0.25) is 0 Å². The summed E-state index contributed by atoms with van der Waals surface area (Å²) in [6.07, 6.45) is 4.11. The van der Waals surface area contributed by atoms with Crippen molar-refractivity contribution < 1.29 is 9.13 Å². The van der Waals surface area contributed by atoms with Gasteiger partial charge >= 0.3 is 5.82 Å². The summed E-state index contributed by atoms with van der Waals surface area (Å²) in [4.78, 5) is 6.93. The van der Waals surface area contributed by atoms with Gasteiger partial charge in [0.05, 0.1) is 12.7 Å². The molecule has 1 aromatic carbocycles. The van der Waals surface area contributed by atoms with Crippen LogP contribution in [-0.4, -0.2) is 11.1 Å². The lowest BCUT2D eigenvalue weighted by molar-refractivity contribution is -0.686. The molecule has 120 valence electrons. The number of nitrogens with zero attached hydrogens (tertiary/aromatic N) is 4. The molecule has 0 saturated heterocycles. The monoisotopic (exact) mass is 319 g/mol. The summed E-state index contributed by atoms with van der Waals surface area (Å²) in [5.74, 6) is 2.04. The van der Waals surface area contributed by atoms with Gasteiger partial charge in [-0.25, -0.2) is 9.47 Å². The third kappa shape index (κ3) is 2.21. The van der Waals surface area contributed by atoms with Gasteiger partial charge in [0.25, 0.3) is 5.69 Å². The summed E-state index contributed by atoms with van der Waals surface area (Å²) in [7, 11) is 4.11. The zero-order valence-corrected chi connectivity index (χ0v) is 14.1. The van der Waals surface area contributed by atoms with E-state index in [1.54, 1.807) is 0 Å². The molecule has 0 aliphatic carbocycles.